The van der Waals surface area contributed by atoms with Gasteiger partial charge < -0.3 is 10.0 Å². The van der Waals surface area contributed by atoms with Gasteiger partial charge in [-0.1, -0.05) is 0 Å². The summed E-state index contributed by atoms with van der Waals surface area (Å²) in [5.74, 6) is -0.493. The fraction of sp³-hybridized carbons (Fsp3) is 0.462. The monoisotopic (exact) mass is 234 g/mol. The number of anilines is 1. The zero-order valence-corrected chi connectivity index (χ0v) is 9.56. The van der Waals surface area contributed by atoms with Gasteiger partial charge in [-0.3, -0.25) is 0 Å². The molecule has 0 aliphatic carbocycles. The fourth-order valence-electron chi connectivity index (χ4n) is 2.30. The first-order chi connectivity index (χ1) is 8.26. The largest absolute Gasteiger partial charge is 0.394 e. The quantitative estimate of drug-likeness (QED) is 0.852. The van der Waals surface area contributed by atoms with Gasteiger partial charge in [0, 0.05) is 12.2 Å². The van der Waals surface area contributed by atoms with Crippen molar-refractivity contribution in [3.05, 3.63) is 29.6 Å². The highest BCUT2D eigenvalue weighted by Gasteiger charge is 2.22. The SMILES string of the molecule is N#Cc1ccc(N2CCCCC2CO)cc1F. The van der Waals surface area contributed by atoms with Crippen molar-refractivity contribution in [1.29, 1.82) is 5.26 Å². The average molecular weight is 234 g/mol. The molecular formula is C13H15FN2O. The molecule has 0 amide bonds. The van der Waals surface area contributed by atoms with Gasteiger partial charge in [-0.25, -0.2) is 4.39 Å². The van der Waals surface area contributed by atoms with Crippen molar-refractivity contribution in [3.63, 3.8) is 0 Å². The molecule has 2 rings (SSSR count). The van der Waals surface area contributed by atoms with E-state index in [-0.39, 0.29) is 18.2 Å². The van der Waals surface area contributed by atoms with Crippen LogP contribution in [0.5, 0.6) is 0 Å². The van der Waals surface area contributed by atoms with E-state index in [0.717, 1.165) is 31.5 Å². The lowest BCUT2D eigenvalue weighted by Gasteiger charge is -2.36. The van der Waals surface area contributed by atoms with Crippen LogP contribution in [0.1, 0.15) is 24.8 Å². The second-order valence-corrected chi connectivity index (χ2v) is 4.30. The second kappa shape index (κ2) is 5.15. The molecule has 0 saturated carbocycles. The minimum atomic E-state index is -0.493. The highest BCUT2D eigenvalue weighted by atomic mass is 19.1. The van der Waals surface area contributed by atoms with Crippen molar-refractivity contribution in [1.82, 2.24) is 0 Å². The minimum Gasteiger partial charge on any atom is -0.394 e. The molecule has 1 N–H and O–H groups in total. The van der Waals surface area contributed by atoms with Gasteiger partial charge in [-0.05, 0) is 37.5 Å². The molecule has 1 aromatic carbocycles. The van der Waals surface area contributed by atoms with Crippen molar-refractivity contribution in [2.75, 3.05) is 18.1 Å². The molecule has 3 nitrogen and oxygen atoms in total. The maximum Gasteiger partial charge on any atom is 0.143 e. The molecule has 1 saturated heterocycles. The smallest absolute Gasteiger partial charge is 0.143 e. The van der Waals surface area contributed by atoms with Crippen molar-refractivity contribution < 1.29 is 9.50 Å². The summed E-state index contributed by atoms with van der Waals surface area (Å²) in [6, 6.07) is 6.49. The van der Waals surface area contributed by atoms with Crippen LogP contribution in [0.15, 0.2) is 18.2 Å². The summed E-state index contributed by atoms with van der Waals surface area (Å²) in [4.78, 5) is 2.02. The molecule has 0 spiro atoms. The average Bonchev–Trinajstić information content (AvgIpc) is 2.38. The molecule has 1 aliphatic heterocycles. The molecule has 0 aromatic heterocycles. The van der Waals surface area contributed by atoms with Crippen molar-refractivity contribution >= 4 is 5.69 Å². The van der Waals surface area contributed by atoms with Crippen LogP contribution in [0.2, 0.25) is 0 Å². The van der Waals surface area contributed by atoms with Crippen LogP contribution >= 0.6 is 0 Å². The molecule has 0 radical (unpaired) electrons. The number of hydrogen-bond acceptors (Lipinski definition) is 3. The van der Waals surface area contributed by atoms with Gasteiger partial charge in [0.2, 0.25) is 0 Å². The highest BCUT2D eigenvalue weighted by Crippen LogP contribution is 2.26. The topological polar surface area (TPSA) is 47.3 Å². The number of benzene rings is 1. The lowest BCUT2D eigenvalue weighted by atomic mass is 10.0. The Kier molecular flexibility index (Phi) is 3.60. The van der Waals surface area contributed by atoms with E-state index in [1.807, 2.05) is 11.0 Å². The lowest BCUT2D eigenvalue weighted by Crippen LogP contribution is -2.41. The molecule has 90 valence electrons. The zero-order valence-electron chi connectivity index (χ0n) is 9.56. The van der Waals surface area contributed by atoms with E-state index in [4.69, 9.17) is 5.26 Å². The molecule has 1 atom stereocenters. The first-order valence-corrected chi connectivity index (χ1v) is 5.83. The highest BCUT2D eigenvalue weighted by molar-refractivity contribution is 5.51. The van der Waals surface area contributed by atoms with E-state index < -0.39 is 5.82 Å². The maximum absolute atomic E-state index is 13.5. The van der Waals surface area contributed by atoms with E-state index >= 15 is 0 Å². The summed E-state index contributed by atoms with van der Waals surface area (Å²) in [5.41, 5.74) is 0.812. The number of aliphatic hydroxyl groups is 1. The van der Waals surface area contributed by atoms with Gasteiger partial charge in [-0.15, -0.1) is 0 Å². The third-order valence-corrected chi connectivity index (χ3v) is 3.24. The van der Waals surface area contributed by atoms with Crippen LogP contribution in [0, 0.1) is 17.1 Å². The number of nitriles is 1. The van der Waals surface area contributed by atoms with Gasteiger partial charge in [0.15, 0.2) is 0 Å². The van der Waals surface area contributed by atoms with E-state index in [0.29, 0.717) is 0 Å². The van der Waals surface area contributed by atoms with Gasteiger partial charge in [0.25, 0.3) is 0 Å². The first-order valence-electron chi connectivity index (χ1n) is 5.83. The van der Waals surface area contributed by atoms with Crippen LogP contribution in [0.4, 0.5) is 10.1 Å². The normalized spacial score (nSPS) is 20.1. The Hall–Kier alpha value is -1.60. The molecule has 1 aliphatic rings. The number of halogens is 1. The second-order valence-electron chi connectivity index (χ2n) is 4.30. The molecule has 1 aromatic rings. The van der Waals surface area contributed by atoms with Crippen LogP contribution in [-0.2, 0) is 0 Å². The summed E-state index contributed by atoms with van der Waals surface area (Å²) in [6.07, 6.45) is 3.08. The summed E-state index contributed by atoms with van der Waals surface area (Å²) < 4.78 is 13.5. The number of rotatable bonds is 2. The molecule has 1 heterocycles. The Morgan fingerprint density at radius 1 is 1.47 bits per heavy atom. The summed E-state index contributed by atoms with van der Waals surface area (Å²) >= 11 is 0. The Balaban J connectivity index is 2.26. The third-order valence-electron chi connectivity index (χ3n) is 3.24. The van der Waals surface area contributed by atoms with Crippen molar-refractivity contribution in [2.24, 2.45) is 0 Å². The maximum atomic E-state index is 13.5. The third kappa shape index (κ3) is 2.40. The molecule has 17 heavy (non-hydrogen) atoms. The van der Waals surface area contributed by atoms with Crippen molar-refractivity contribution in [2.45, 2.75) is 25.3 Å². The van der Waals surface area contributed by atoms with Gasteiger partial charge in [0.05, 0.1) is 18.2 Å². The van der Waals surface area contributed by atoms with E-state index in [2.05, 4.69) is 0 Å². The predicted molar refractivity (Wildman–Crippen MR) is 63.2 cm³/mol. The van der Waals surface area contributed by atoms with Gasteiger partial charge >= 0.3 is 0 Å². The molecule has 1 unspecified atom stereocenters. The molecule has 1 fully saturated rings. The lowest BCUT2D eigenvalue weighted by molar-refractivity contribution is 0.240. The summed E-state index contributed by atoms with van der Waals surface area (Å²) in [5, 5.41) is 18.0. The Morgan fingerprint density at radius 3 is 2.94 bits per heavy atom. The van der Waals surface area contributed by atoms with E-state index in [9.17, 15) is 9.50 Å². The summed E-state index contributed by atoms with van der Waals surface area (Å²) in [6.45, 7) is 0.915. The number of hydrogen-bond donors (Lipinski definition) is 1. The fourth-order valence-corrected chi connectivity index (χ4v) is 2.30. The van der Waals surface area contributed by atoms with Gasteiger partial charge in [-0.2, -0.15) is 5.26 Å². The number of piperidine rings is 1. The first kappa shape index (κ1) is 11.9. The van der Waals surface area contributed by atoms with E-state index in [1.165, 1.54) is 12.1 Å². The van der Waals surface area contributed by atoms with Crippen LogP contribution < -0.4 is 4.90 Å². The Labute approximate surface area is 100 Å². The van der Waals surface area contributed by atoms with Crippen LogP contribution in [-0.4, -0.2) is 24.3 Å². The van der Waals surface area contributed by atoms with Crippen LogP contribution in [0.25, 0.3) is 0 Å². The zero-order chi connectivity index (χ0) is 12.3. The number of nitrogens with zero attached hydrogens (tertiary/aromatic N) is 2. The van der Waals surface area contributed by atoms with Crippen LogP contribution in [0.3, 0.4) is 0 Å². The molecule has 0 bridgehead atoms. The predicted octanol–water partition coefficient (Wildman–Crippen LogP) is 2.05. The van der Waals surface area contributed by atoms with Gasteiger partial charge in [0.1, 0.15) is 11.9 Å². The Bertz CT molecular complexity index is 442. The summed E-state index contributed by atoms with van der Waals surface area (Å²) in [7, 11) is 0. The minimum absolute atomic E-state index is 0.0614. The van der Waals surface area contributed by atoms with Crippen molar-refractivity contribution in [3.8, 4) is 6.07 Å². The molecule has 4 heteroatoms. The number of aliphatic hydroxyl groups excluding tert-OH is 1. The Morgan fingerprint density at radius 2 is 2.29 bits per heavy atom. The van der Waals surface area contributed by atoms with E-state index in [1.54, 1.807) is 6.07 Å². The molecular weight excluding hydrogens is 219 g/mol. The standard InChI is InChI=1S/C13H15FN2O/c14-13-7-11(5-4-10(13)8-15)16-6-2-1-3-12(16)9-17/h4-5,7,12,17H,1-3,6,9H2.